The monoisotopic (exact) mass is 196 g/mol. The third kappa shape index (κ3) is 1.59. The van der Waals surface area contributed by atoms with Crippen molar-refractivity contribution in [2.75, 3.05) is 5.73 Å². The zero-order chi connectivity index (χ0) is 9.26. The molecule has 0 fully saturated rings. The largest absolute Gasteiger partial charge is 0.365 e. The first kappa shape index (κ1) is 8.00. The van der Waals surface area contributed by atoms with Crippen molar-refractivity contribution >= 4 is 17.5 Å². The van der Waals surface area contributed by atoms with Gasteiger partial charge in [-0.2, -0.15) is 4.98 Å². The second-order valence-corrected chi connectivity index (χ2v) is 2.76. The zero-order valence-electron chi connectivity index (χ0n) is 6.44. The molecule has 13 heavy (non-hydrogen) atoms. The number of hydrogen-bond donors (Lipinski definition) is 1. The summed E-state index contributed by atoms with van der Waals surface area (Å²) in [6.07, 6.45) is 1.50. The van der Waals surface area contributed by atoms with E-state index in [9.17, 15) is 0 Å². The number of halogens is 1. The van der Waals surface area contributed by atoms with Gasteiger partial charge in [0.15, 0.2) is 0 Å². The van der Waals surface area contributed by atoms with Crippen molar-refractivity contribution in [3.63, 3.8) is 0 Å². The van der Waals surface area contributed by atoms with Crippen molar-refractivity contribution < 1.29 is 4.52 Å². The molecule has 0 amide bonds. The Balaban J connectivity index is 2.41. The van der Waals surface area contributed by atoms with Gasteiger partial charge in [-0.1, -0.05) is 11.6 Å². The first-order valence-corrected chi connectivity index (χ1v) is 3.84. The molecule has 0 spiro atoms. The summed E-state index contributed by atoms with van der Waals surface area (Å²) in [4.78, 5) is 7.78. The lowest BCUT2D eigenvalue weighted by molar-refractivity contribution is 0.431. The zero-order valence-corrected chi connectivity index (χ0v) is 7.19. The fourth-order valence-electron chi connectivity index (χ4n) is 0.841. The van der Waals surface area contributed by atoms with Crippen molar-refractivity contribution in [2.45, 2.75) is 0 Å². The summed E-state index contributed by atoms with van der Waals surface area (Å²) in [7, 11) is 0. The molecule has 0 bridgehead atoms. The number of anilines is 1. The van der Waals surface area contributed by atoms with E-state index in [1.165, 1.54) is 6.20 Å². The summed E-state index contributed by atoms with van der Waals surface area (Å²) in [5, 5.41) is 3.99. The van der Waals surface area contributed by atoms with Crippen LogP contribution in [0, 0.1) is 0 Å². The molecule has 5 nitrogen and oxygen atoms in total. The topological polar surface area (TPSA) is 77.8 Å². The van der Waals surface area contributed by atoms with Gasteiger partial charge in [-0.3, -0.25) is 0 Å². The van der Waals surface area contributed by atoms with Gasteiger partial charge >= 0.3 is 0 Å². The number of nitrogen functional groups attached to an aromatic ring is 1. The molecule has 66 valence electrons. The Morgan fingerprint density at radius 1 is 1.38 bits per heavy atom. The molecule has 0 saturated heterocycles. The van der Waals surface area contributed by atoms with Crippen LogP contribution in [0.4, 0.5) is 5.95 Å². The van der Waals surface area contributed by atoms with Crippen LogP contribution >= 0.6 is 11.6 Å². The van der Waals surface area contributed by atoms with Crippen LogP contribution in [0.15, 0.2) is 22.9 Å². The lowest BCUT2D eigenvalue weighted by Crippen LogP contribution is -1.86. The average molecular weight is 197 g/mol. The van der Waals surface area contributed by atoms with E-state index in [1.54, 1.807) is 12.1 Å². The quantitative estimate of drug-likeness (QED) is 0.745. The van der Waals surface area contributed by atoms with Gasteiger partial charge in [0, 0.05) is 6.20 Å². The van der Waals surface area contributed by atoms with Gasteiger partial charge in [0.25, 0.3) is 11.8 Å². The Labute approximate surface area is 78.5 Å². The summed E-state index contributed by atoms with van der Waals surface area (Å²) in [5.74, 6) is 0.376. The minimum absolute atomic E-state index is 0.0896. The highest BCUT2D eigenvalue weighted by Gasteiger charge is 2.06. The maximum atomic E-state index is 5.65. The predicted octanol–water partition coefficient (Wildman–Crippen LogP) is 1.37. The van der Waals surface area contributed by atoms with Gasteiger partial charge < -0.3 is 10.3 Å². The third-order valence-corrected chi connectivity index (χ3v) is 1.61. The van der Waals surface area contributed by atoms with Crippen LogP contribution in [0.2, 0.25) is 5.02 Å². The van der Waals surface area contributed by atoms with E-state index in [0.29, 0.717) is 10.7 Å². The van der Waals surface area contributed by atoms with Gasteiger partial charge in [-0.15, -0.1) is 0 Å². The van der Waals surface area contributed by atoms with Gasteiger partial charge in [-0.05, 0) is 17.3 Å². The van der Waals surface area contributed by atoms with Gasteiger partial charge in [0.05, 0.1) is 5.02 Å². The standard InChI is InChI=1S/C7H5ClN4O/c8-4-1-2-5(10-3-4)6-11-7(9)12-13-6/h1-3H,(H2,9,12). The van der Waals surface area contributed by atoms with Crippen molar-refractivity contribution in [2.24, 2.45) is 0 Å². The number of nitrogens with zero attached hydrogens (tertiary/aromatic N) is 3. The fourth-order valence-corrected chi connectivity index (χ4v) is 0.953. The highest BCUT2D eigenvalue weighted by Crippen LogP contribution is 2.16. The summed E-state index contributed by atoms with van der Waals surface area (Å²) >= 11 is 5.65. The second kappa shape index (κ2) is 3.02. The average Bonchev–Trinajstić information content (AvgIpc) is 2.53. The molecule has 2 rings (SSSR count). The molecule has 0 unspecified atom stereocenters. The van der Waals surface area contributed by atoms with Gasteiger partial charge in [0.1, 0.15) is 5.69 Å². The van der Waals surface area contributed by atoms with Crippen LogP contribution in [0.5, 0.6) is 0 Å². The molecule has 0 aliphatic carbocycles. The van der Waals surface area contributed by atoms with Crippen LogP contribution in [-0.4, -0.2) is 15.1 Å². The molecular formula is C7H5ClN4O. The van der Waals surface area contributed by atoms with E-state index in [4.69, 9.17) is 21.9 Å². The maximum Gasteiger partial charge on any atom is 0.278 e. The van der Waals surface area contributed by atoms with E-state index in [1.807, 2.05) is 0 Å². The Hall–Kier alpha value is -1.62. The summed E-state index contributed by atoms with van der Waals surface area (Å²) in [6.45, 7) is 0. The Bertz CT molecular complexity index is 411. The Morgan fingerprint density at radius 3 is 2.77 bits per heavy atom. The van der Waals surface area contributed by atoms with Crippen LogP contribution in [0.3, 0.4) is 0 Å². The molecule has 0 aromatic carbocycles. The van der Waals surface area contributed by atoms with Crippen LogP contribution in [0.25, 0.3) is 11.6 Å². The number of aromatic nitrogens is 3. The van der Waals surface area contributed by atoms with Crippen LogP contribution < -0.4 is 5.73 Å². The third-order valence-electron chi connectivity index (χ3n) is 1.39. The second-order valence-electron chi connectivity index (χ2n) is 2.32. The first-order chi connectivity index (χ1) is 6.25. The lowest BCUT2D eigenvalue weighted by atomic mass is 10.3. The molecule has 0 aliphatic rings. The summed E-state index contributed by atoms with van der Waals surface area (Å²) in [5.41, 5.74) is 5.83. The van der Waals surface area contributed by atoms with E-state index in [2.05, 4.69) is 15.1 Å². The maximum absolute atomic E-state index is 5.65. The molecule has 0 atom stereocenters. The number of hydrogen-bond acceptors (Lipinski definition) is 5. The van der Waals surface area contributed by atoms with Crippen molar-refractivity contribution in [3.05, 3.63) is 23.4 Å². The predicted molar refractivity (Wildman–Crippen MR) is 47.0 cm³/mol. The molecular weight excluding hydrogens is 192 g/mol. The van der Waals surface area contributed by atoms with Crippen molar-refractivity contribution in [1.29, 1.82) is 0 Å². The number of pyridine rings is 1. The molecule has 2 aromatic rings. The van der Waals surface area contributed by atoms with Crippen molar-refractivity contribution in [1.82, 2.24) is 15.1 Å². The Morgan fingerprint density at radius 2 is 2.23 bits per heavy atom. The summed E-state index contributed by atoms with van der Waals surface area (Å²) < 4.78 is 4.80. The van der Waals surface area contributed by atoms with Gasteiger partial charge in [-0.25, -0.2) is 4.98 Å². The number of rotatable bonds is 1. The smallest absolute Gasteiger partial charge is 0.278 e. The molecule has 0 aliphatic heterocycles. The Kier molecular flexibility index (Phi) is 1.86. The molecule has 2 aromatic heterocycles. The fraction of sp³-hybridized carbons (Fsp3) is 0. The molecule has 0 saturated carbocycles. The molecule has 2 heterocycles. The van der Waals surface area contributed by atoms with Crippen LogP contribution in [-0.2, 0) is 0 Å². The SMILES string of the molecule is Nc1noc(-c2ccc(Cl)cn2)n1. The highest BCUT2D eigenvalue weighted by atomic mass is 35.5. The number of nitrogens with two attached hydrogens (primary N) is 1. The van der Waals surface area contributed by atoms with E-state index in [-0.39, 0.29) is 11.8 Å². The minimum atomic E-state index is 0.0896. The van der Waals surface area contributed by atoms with E-state index >= 15 is 0 Å². The molecule has 0 radical (unpaired) electrons. The summed E-state index contributed by atoms with van der Waals surface area (Å²) in [6, 6.07) is 3.36. The molecule has 2 N–H and O–H groups in total. The minimum Gasteiger partial charge on any atom is -0.365 e. The highest BCUT2D eigenvalue weighted by molar-refractivity contribution is 6.30. The van der Waals surface area contributed by atoms with Crippen LogP contribution in [0.1, 0.15) is 0 Å². The van der Waals surface area contributed by atoms with E-state index < -0.39 is 0 Å². The van der Waals surface area contributed by atoms with E-state index in [0.717, 1.165) is 0 Å². The normalized spacial score (nSPS) is 10.2. The van der Waals surface area contributed by atoms with Gasteiger partial charge in [0.2, 0.25) is 0 Å². The van der Waals surface area contributed by atoms with Crippen molar-refractivity contribution in [3.8, 4) is 11.6 Å². The first-order valence-electron chi connectivity index (χ1n) is 3.47. The lowest BCUT2D eigenvalue weighted by Gasteiger charge is -1.91. The molecule has 6 heteroatoms.